The Bertz CT molecular complexity index is 784. The monoisotopic (exact) mass is 339 g/mol. The summed E-state index contributed by atoms with van der Waals surface area (Å²) in [6.07, 6.45) is 1.61. The molecule has 0 spiro atoms. The number of aromatic nitrogens is 1. The predicted molar refractivity (Wildman–Crippen MR) is 86.9 cm³/mol. The minimum absolute atomic E-state index is 0.135. The van der Waals surface area contributed by atoms with Gasteiger partial charge in [0.25, 0.3) is 5.91 Å². The summed E-state index contributed by atoms with van der Waals surface area (Å²) in [7, 11) is 0.945. The fourth-order valence-corrected chi connectivity index (χ4v) is 3.62. The average molecular weight is 339 g/mol. The Morgan fingerprint density at radius 3 is 2.45 bits per heavy atom. The molecule has 2 rings (SSSR count). The van der Waals surface area contributed by atoms with Crippen LogP contribution in [0.4, 0.5) is 5.13 Å². The van der Waals surface area contributed by atoms with E-state index < -0.39 is 10.0 Å². The molecule has 0 N–H and O–H groups in total. The van der Waals surface area contributed by atoms with Gasteiger partial charge in [-0.1, -0.05) is 6.07 Å². The number of carbonyl (C=O) groups is 1. The van der Waals surface area contributed by atoms with E-state index in [0.717, 1.165) is 4.31 Å². The summed E-state index contributed by atoms with van der Waals surface area (Å²) in [5.41, 5.74) is 0.908. The van der Waals surface area contributed by atoms with E-state index in [1.807, 2.05) is 0 Å². The first-order valence-electron chi connectivity index (χ1n) is 6.46. The van der Waals surface area contributed by atoms with Gasteiger partial charge in [-0.3, -0.25) is 9.69 Å². The zero-order valence-electron chi connectivity index (χ0n) is 12.8. The van der Waals surface area contributed by atoms with Gasteiger partial charge in [-0.2, -0.15) is 0 Å². The number of rotatable bonds is 4. The van der Waals surface area contributed by atoms with Crippen molar-refractivity contribution in [1.29, 1.82) is 0 Å². The van der Waals surface area contributed by atoms with Crippen molar-refractivity contribution in [1.82, 2.24) is 9.29 Å². The number of benzene rings is 1. The van der Waals surface area contributed by atoms with E-state index in [-0.39, 0.29) is 10.8 Å². The van der Waals surface area contributed by atoms with Gasteiger partial charge in [0.1, 0.15) is 0 Å². The fourth-order valence-electron chi connectivity index (χ4n) is 1.87. The molecule has 1 aromatic carbocycles. The Kier molecular flexibility index (Phi) is 4.64. The van der Waals surface area contributed by atoms with Crippen LogP contribution in [0, 0.1) is 6.92 Å². The van der Waals surface area contributed by atoms with E-state index in [1.165, 1.54) is 36.4 Å². The van der Waals surface area contributed by atoms with Gasteiger partial charge in [0.2, 0.25) is 10.0 Å². The Morgan fingerprint density at radius 1 is 1.23 bits per heavy atom. The van der Waals surface area contributed by atoms with Gasteiger partial charge < -0.3 is 0 Å². The number of carbonyl (C=O) groups excluding carboxylic acids is 1. The molecule has 118 valence electrons. The molecule has 0 aliphatic heterocycles. The third kappa shape index (κ3) is 3.03. The Labute approximate surface area is 134 Å². The van der Waals surface area contributed by atoms with Crippen molar-refractivity contribution in [3.63, 3.8) is 0 Å². The molecule has 1 aromatic heterocycles. The molecule has 22 heavy (non-hydrogen) atoms. The number of thiazole rings is 1. The molecule has 1 amide bonds. The topological polar surface area (TPSA) is 70.6 Å². The number of hydrogen-bond acceptors (Lipinski definition) is 5. The first-order valence-corrected chi connectivity index (χ1v) is 8.78. The van der Waals surface area contributed by atoms with Crippen molar-refractivity contribution in [3.8, 4) is 0 Å². The molecular weight excluding hydrogens is 322 g/mol. The van der Waals surface area contributed by atoms with Crippen LogP contribution < -0.4 is 4.90 Å². The number of aryl methyl sites for hydroxylation is 1. The molecule has 8 heteroatoms. The van der Waals surface area contributed by atoms with Crippen LogP contribution >= 0.6 is 11.3 Å². The zero-order chi connectivity index (χ0) is 16.5. The maximum atomic E-state index is 12.5. The Balaban J connectivity index is 2.44. The molecule has 0 atom stereocenters. The van der Waals surface area contributed by atoms with E-state index in [2.05, 4.69) is 4.98 Å². The van der Waals surface area contributed by atoms with Crippen molar-refractivity contribution in [2.24, 2.45) is 0 Å². The van der Waals surface area contributed by atoms with Gasteiger partial charge in [-0.25, -0.2) is 17.7 Å². The number of amides is 1. The molecule has 0 saturated heterocycles. The van der Waals surface area contributed by atoms with E-state index in [4.69, 9.17) is 0 Å². The smallest absolute Gasteiger partial charge is 0.259 e. The third-order valence-electron chi connectivity index (χ3n) is 3.20. The van der Waals surface area contributed by atoms with Crippen LogP contribution in [0.5, 0.6) is 0 Å². The van der Waals surface area contributed by atoms with Crippen molar-refractivity contribution >= 4 is 32.4 Å². The van der Waals surface area contributed by atoms with Crippen LogP contribution in [0.3, 0.4) is 0 Å². The fraction of sp³-hybridized carbons (Fsp3) is 0.286. The molecule has 0 unspecified atom stereocenters. The molecule has 1 heterocycles. The van der Waals surface area contributed by atoms with Gasteiger partial charge in [0.05, 0.1) is 4.90 Å². The predicted octanol–water partition coefficient (Wildman–Crippen LogP) is 1.98. The van der Waals surface area contributed by atoms with Gasteiger partial charge in [0.15, 0.2) is 5.13 Å². The number of anilines is 1. The van der Waals surface area contributed by atoms with Crippen molar-refractivity contribution in [3.05, 3.63) is 40.9 Å². The lowest BCUT2D eigenvalue weighted by atomic mass is 10.1. The second-order valence-corrected chi connectivity index (χ2v) is 7.94. The van der Waals surface area contributed by atoms with Gasteiger partial charge in [0, 0.05) is 38.3 Å². The van der Waals surface area contributed by atoms with Crippen LogP contribution in [0.15, 0.2) is 34.7 Å². The maximum Gasteiger partial charge on any atom is 0.259 e. The second kappa shape index (κ2) is 6.15. The van der Waals surface area contributed by atoms with Crippen molar-refractivity contribution in [2.45, 2.75) is 11.8 Å². The minimum Gasteiger partial charge on any atom is -0.287 e. The summed E-state index contributed by atoms with van der Waals surface area (Å²) in [6.45, 7) is 1.70. The Morgan fingerprint density at radius 2 is 1.91 bits per heavy atom. The van der Waals surface area contributed by atoms with E-state index in [0.29, 0.717) is 16.3 Å². The zero-order valence-corrected chi connectivity index (χ0v) is 14.4. The normalized spacial score (nSPS) is 11.7. The van der Waals surface area contributed by atoms with Crippen LogP contribution in [-0.2, 0) is 10.0 Å². The molecule has 2 aromatic rings. The highest BCUT2D eigenvalue weighted by atomic mass is 32.2. The van der Waals surface area contributed by atoms with E-state index in [1.54, 1.807) is 37.7 Å². The summed E-state index contributed by atoms with van der Waals surface area (Å²) < 4.78 is 25.8. The lowest BCUT2D eigenvalue weighted by Crippen LogP contribution is -2.27. The van der Waals surface area contributed by atoms with Crippen molar-refractivity contribution < 1.29 is 13.2 Å². The van der Waals surface area contributed by atoms with Crippen LogP contribution in [0.25, 0.3) is 0 Å². The third-order valence-corrected chi connectivity index (χ3v) is 6.01. The van der Waals surface area contributed by atoms with Gasteiger partial charge >= 0.3 is 0 Å². The van der Waals surface area contributed by atoms with E-state index in [9.17, 15) is 13.2 Å². The summed E-state index contributed by atoms with van der Waals surface area (Å²) >= 11 is 1.34. The SMILES string of the molecule is Cc1ccc(C(=O)N(C)c2nccs2)cc1S(=O)(=O)N(C)C. The van der Waals surface area contributed by atoms with Crippen molar-refractivity contribution in [2.75, 3.05) is 26.0 Å². The number of hydrogen-bond donors (Lipinski definition) is 0. The largest absolute Gasteiger partial charge is 0.287 e. The molecule has 6 nitrogen and oxygen atoms in total. The standard InChI is InChI=1S/C14H17N3O3S2/c1-10-5-6-11(9-12(10)22(19,20)16(2)3)13(18)17(4)14-15-7-8-21-14/h5-9H,1-4H3. The van der Waals surface area contributed by atoms with E-state index >= 15 is 0 Å². The van der Waals surface area contributed by atoms with Crippen LogP contribution in [0.2, 0.25) is 0 Å². The second-order valence-electron chi connectivity index (χ2n) is 4.95. The first kappa shape index (κ1) is 16.6. The molecule has 0 radical (unpaired) electrons. The first-order chi connectivity index (χ1) is 10.2. The molecule has 0 bridgehead atoms. The molecular formula is C14H17N3O3S2. The highest BCUT2D eigenvalue weighted by molar-refractivity contribution is 7.89. The average Bonchev–Trinajstić information content (AvgIpc) is 3.00. The lowest BCUT2D eigenvalue weighted by Gasteiger charge is -2.17. The summed E-state index contributed by atoms with van der Waals surface area (Å²) in [5.74, 6) is -0.301. The quantitative estimate of drug-likeness (QED) is 0.854. The van der Waals surface area contributed by atoms with Crippen LogP contribution in [-0.4, -0.2) is 44.8 Å². The summed E-state index contributed by atoms with van der Waals surface area (Å²) in [4.78, 5) is 18.1. The van der Waals surface area contributed by atoms with Gasteiger partial charge in [-0.05, 0) is 24.6 Å². The minimum atomic E-state index is -3.59. The summed E-state index contributed by atoms with van der Waals surface area (Å²) in [5, 5.41) is 2.33. The molecule has 0 fully saturated rings. The molecule has 0 aliphatic rings. The van der Waals surface area contributed by atoms with Gasteiger partial charge in [-0.15, -0.1) is 11.3 Å². The number of sulfonamides is 1. The number of nitrogens with zero attached hydrogens (tertiary/aromatic N) is 3. The maximum absolute atomic E-state index is 12.5. The summed E-state index contributed by atoms with van der Waals surface area (Å²) in [6, 6.07) is 4.67. The lowest BCUT2D eigenvalue weighted by molar-refractivity contribution is 0.0992. The molecule has 0 saturated carbocycles. The Hall–Kier alpha value is -1.77. The molecule has 0 aliphatic carbocycles. The highest BCUT2D eigenvalue weighted by Gasteiger charge is 2.23. The van der Waals surface area contributed by atoms with Crippen LogP contribution in [0.1, 0.15) is 15.9 Å². The highest BCUT2D eigenvalue weighted by Crippen LogP contribution is 2.23.